The number of aryl methyl sites for hydroxylation is 1. The Labute approximate surface area is 121 Å². The van der Waals surface area contributed by atoms with Crippen molar-refractivity contribution in [3.63, 3.8) is 0 Å². The van der Waals surface area contributed by atoms with Crippen molar-refractivity contribution in [3.05, 3.63) is 29.8 Å². The van der Waals surface area contributed by atoms with Crippen LogP contribution in [0, 0.1) is 5.92 Å². The number of hydrogen-bond donors (Lipinski definition) is 2. The molecule has 0 aliphatic rings. The number of hydrogen-bond acceptors (Lipinski definition) is 3. The van der Waals surface area contributed by atoms with E-state index in [0.717, 1.165) is 11.3 Å². The topological polar surface area (TPSA) is 58.6 Å². The van der Waals surface area contributed by atoms with Gasteiger partial charge in [-0.25, -0.2) is 0 Å². The maximum Gasteiger partial charge on any atom is 0.220 e. The van der Waals surface area contributed by atoms with Gasteiger partial charge in [0.15, 0.2) is 0 Å². The molecule has 1 atom stereocenters. The van der Waals surface area contributed by atoms with Crippen molar-refractivity contribution < 1.29 is 14.6 Å². The van der Waals surface area contributed by atoms with E-state index < -0.39 is 0 Å². The summed E-state index contributed by atoms with van der Waals surface area (Å²) >= 11 is 0. The van der Waals surface area contributed by atoms with Crippen molar-refractivity contribution in [3.8, 4) is 5.75 Å². The molecular formula is C16H25NO3. The minimum absolute atomic E-state index is 0.0248. The van der Waals surface area contributed by atoms with Crippen molar-refractivity contribution in [1.82, 2.24) is 5.32 Å². The molecule has 1 rings (SSSR count). The molecule has 4 nitrogen and oxygen atoms in total. The summed E-state index contributed by atoms with van der Waals surface area (Å²) in [6, 6.07) is 7.72. The van der Waals surface area contributed by atoms with Crippen LogP contribution in [-0.4, -0.2) is 30.8 Å². The van der Waals surface area contributed by atoms with E-state index in [0.29, 0.717) is 25.8 Å². The minimum atomic E-state index is -0.350. The first-order chi connectivity index (χ1) is 9.52. The van der Waals surface area contributed by atoms with Crippen LogP contribution in [0.1, 0.15) is 32.3 Å². The van der Waals surface area contributed by atoms with Crippen molar-refractivity contribution in [1.29, 1.82) is 0 Å². The van der Waals surface area contributed by atoms with Gasteiger partial charge in [0.25, 0.3) is 0 Å². The van der Waals surface area contributed by atoms with E-state index >= 15 is 0 Å². The van der Waals surface area contributed by atoms with Crippen LogP contribution in [0.4, 0.5) is 0 Å². The van der Waals surface area contributed by atoms with Gasteiger partial charge < -0.3 is 15.2 Å². The summed E-state index contributed by atoms with van der Waals surface area (Å²) in [5, 5.41) is 12.5. The second-order valence-corrected chi connectivity index (χ2v) is 5.30. The average molecular weight is 279 g/mol. The van der Waals surface area contributed by atoms with E-state index in [1.54, 1.807) is 7.11 Å². The molecule has 20 heavy (non-hydrogen) atoms. The van der Waals surface area contributed by atoms with Crippen LogP contribution in [0.3, 0.4) is 0 Å². The number of methoxy groups -OCH3 is 1. The van der Waals surface area contributed by atoms with Crippen LogP contribution in [0.25, 0.3) is 0 Å². The maximum atomic E-state index is 11.7. The number of amides is 1. The molecule has 0 saturated carbocycles. The summed E-state index contributed by atoms with van der Waals surface area (Å²) in [7, 11) is 1.63. The van der Waals surface area contributed by atoms with Gasteiger partial charge in [-0.1, -0.05) is 26.0 Å². The van der Waals surface area contributed by atoms with Gasteiger partial charge in [-0.05, 0) is 36.5 Å². The first-order valence-electron chi connectivity index (χ1n) is 7.10. The minimum Gasteiger partial charge on any atom is -0.497 e. The Morgan fingerprint density at radius 3 is 2.50 bits per heavy atom. The van der Waals surface area contributed by atoms with Gasteiger partial charge in [0, 0.05) is 13.0 Å². The first-order valence-corrected chi connectivity index (χ1v) is 7.10. The van der Waals surface area contributed by atoms with E-state index in [9.17, 15) is 9.90 Å². The second kappa shape index (κ2) is 8.59. The molecule has 1 unspecified atom stereocenters. The lowest BCUT2D eigenvalue weighted by molar-refractivity contribution is -0.121. The molecule has 4 heteroatoms. The molecular weight excluding hydrogens is 254 g/mol. The SMILES string of the molecule is COc1ccc(CCC(=O)NCCC(O)C(C)C)cc1. The second-order valence-electron chi connectivity index (χ2n) is 5.30. The van der Waals surface area contributed by atoms with Crippen molar-refractivity contribution >= 4 is 5.91 Å². The molecule has 0 aliphatic carbocycles. The zero-order valence-electron chi connectivity index (χ0n) is 12.6. The maximum absolute atomic E-state index is 11.7. The third-order valence-corrected chi connectivity index (χ3v) is 3.33. The fraction of sp³-hybridized carbons (Fsp3) is 0.562. The summed E-state index contributed by atoms with van der Waals surface area (Å²) in [4.78, 5) is 11.7. The van der Waals surface area contributed by atoms with Crippen LogP contribution >= 0.6 is 0 Å². The van der Waals surface area contributed by atoms with Crippen LogP contribution in [0.5, 0.6) is 5.75 Å². The Morgan fingerprint density at radius 2 is 1.95 bits per heavy atom. The van der Waals surface area contributed by atoms with Gasteiger partial charge in [0.05, 0.1) is 13.2 Å². The van der Waals surface area contributed by atoms with Crippen molar-refractivity contribution in [2.45, 2.75) is 39.2 Å². The van der Waals surface area contributed by atoms with E-state index in [4.69, 9.17) is 4.74 Å². The summed E-state index contributed by atoms with van der Waals surface area (Å²) in [5.41, 5.74) is 1.11. The van der Waals surface area contributed by atoms with Gasteiger partial charge in [0.2, 0.25) is 5.91 Å². The number of aliphatic hydroxyl groups excluding tert-OH is 1. The molecule has 0 aromatic heterocycles. The summed E-state index contributed by atoms with van der Waals surface area (Å²) < 4.78 is 5.09. The largest absolute Gasteiger partial charge is 0.497 e. The molecule has 2 N–H and O–H groups in total. The van der Waals surface area contributed by atoms with Crippen LogP contribution in [0.15, 0.2) is 24.3 Å². The average Bonchev–Trinajstić information content (AvgIpc) is 2.45. The Morgan fingerprint density at radius 1 is 1.30 bits per heavy atom. The molecule has 112 valence electrons. The van der Waals surface area contributed by atoms with E-state index in [2.05, 4.69) is 5.32 Å². The van der Waals surface area contributed by atoms with Crippen LogP contribution in [0.2, 0.25) is 0 Å². The third-order valence-electron chi connectivity index (χ3n) is 3.33. The summed E-state index contributed by atoms with van der Waals surface area (Å²) in [6.07, 6.45) is 1.43. The van der Waals surface area contributed by atoms with Gasteiger partial charge in [0.1, 0.15) is 5.75 Å². The number of carbonyl (C=O) groups excluding carboxylic acids is 1. The zero-order chi connectivity index (χ0) is 15.0. The first kappa shape index (κ1) is 16.5. The molecule has 0 spiro atoms. The lowest BCUT2D eigenvalue weighted by Crippen LogP contribution is -2.28. The predicted octanol–water partition coefficient (Wildman–Crippen LogP) is 2.15. The van der Waals surface area contributed by atoms with E-state index in [-0.39, 0.29) is 17.9 Å². The lowest BCUT2D eigenvalue weighted by Gasteiger charge is -2.14. The predicted molar refractivity (Wildman–Crippen MR) is 79.8 cm³/mol. The quantitative estimate of drug-likeness (QED) is 0.766. The molecule has 0 heterocycles. The van der Waals surface area contributed by atoms with Gasteiger partial charge in [-0.15, -0.1) is 0 Å². The van der Waals surface area contributed by atoms with Gasteiger partial charge in [-0.2, -0.15) is 0 Å². The Balaban J connectivity index is 2.22. The fourth-order valence-corrected chi connectivity index (χ4v) is 1.83. The molecule has 0 bridgehead atoms. The number of nitrogens with one attached hydrogen (secondary N) is 1. The number of carbonyl (C=O) groups is 1. The highest BCUT2D eigenvalue weighted by molar-refractivity contribution is 5.76. The fourth-order valence-electron chi connectivity index (χ4n) is 1.83. The highest BCUT2D eigenvalue weighted by Gasteiger charge is 2.09. The van der Waals surface area contributed by atoms with Crippen molar-refractivity contribution in [2.75, 3.05) is 13.7 Å². The molecule has 0 fully saturated rings. The van der Waals surface area contributed by atoms with Crippen LogP contribution < -0.4 is 10.1 Å². The Kier molecular flexibility index (Phi) is 7.09. The Hall–Kier alpha value is -1.55. The number of rotatable bonds is 8. The van der Waals surface area contributed by atoms with Gasteiger partial charge >= 0.3 is 0 Å². The summed E-state index contributed by atoms with van der Waals surface area (Å²) in [6.45, 7) is 4.47. The molecule has 1 aromatic rings. The summed E-state index contributed by atoms with van der Waals surface area (Å²) in [5.74, 6) is 1.07. The van der Waals surface area contributed by atoms with Crippen LogP contribution in [-0.2, 0) is 11.2 Å². The number of aliphatic hydroxyl groups is 1. The molecule has 0 aliphatic heterocycles. The molecule has 0 saturated heterocycles. The van der Waals surface area contributed by atoms with Gasteiger partial charge in [-0.3, -0.25) is 4.79 Å². The zero-order valence-corrected chi connectivity index (χ0v) is 12.6. The monoisotopic (exact) mass is 279 g/mol. The number of benzene rings is 1. The lowest BCUT2D eigenvalue weighted by atomic mass is 10.0. The highest BCUT2D eigenvalue weighted by Crippen LogP contribution is 2.12. The molecule has 1 amide bonds. The Bertz CT molecular complexity index is 401. The van der Waals surface area contributed by atoms with Crippen molar-refractivity contribution in [2.24, 2.45) is 5.92 Å². The molecule has 0 radical (unpaired) electrons. The normalized spacial score (nSPS) is 12.2. The van der Waals surface area contributed by atoms with E-state index in [1.165, 1.54) is 0 Å². The number of ether oxygens (including phenoxy) is 1. The highest BCUT2D eigenvalue weighted by atomic mass is 16.5. The smallest absolute Gasteiger partial charge is 0.220 e. The van der Waals surface area contributed by atoms with E-state index in [1.807, 2.05) is 38.1 Å². The molecule has 1 aromatic carbocycles. The standard InChI is InChI=1S/C16H25NO3/c1-12(2)15(18)10-11-17-16(19)9-6-13-4-7-14(20-3)8-5-13/h4-5,7-8,12,15,18H,6,9-11H2,1-3H3,(H,17,19). The third kappa shape index (κ3) is 6.06.